The first-order valence-corrected chi connectivity index (χ1v) is 12.4. The molecule has 1 aromatic carbocycles. The average Bonchev–Trinajstić information content (AvgIpc) is 3.29. The Morgan fingerprint density at radius 1 is 1.21 bits per heavy atom. The van der Waals surface area contributed by atoms with E-state index in [0.717, 1.165) is 56.7 Å². The van der Waals surface area contributed by atoms with E-state index in [9.17, 15) is 4.79 Å². The molecule has 0 atom stereocenters. The van der Waals surface area contributed by atoms with Gasteiger partial charge in [0.05, 0.1) is 20.3 Å². The zero-order valence-electron chi connectivity index (χ0n) is 18.7. The molecule has 11 nitrogen and oxygen atoms in total. The van der Waals surface area contributed by atoms with Gasteiger partial charge in [0.15, 0.2) is 4.34 Å². The minimum absolute atomic E-state index is 0.387. The summed E-state index contributed by atoms with van der Waals surface area (Å²) in [6, 6.07) is 8.56. The molecule has 3 heterocycles. The number of rotatable bonds is 10. The Morgan fingerprint density at radius 3 is 2.94 bits per heavy atom. The highest BCUT2D eigenvalue weighted by atomic mass is 32.2. The highest BCUT2D eigenvalue weighted by molar-refractivity contribution is 8.01. The van der Waals surface area contributed by atoms with Crippen LogP contribution >= 0.6 is 23.1 Å². The van der Waals surface area contributed by atoms with Gasteiger partial charge in [-0.05, 0) is 36.9 Å². The second-order valence-corrected chi connectivity index (χ2v) is 9.51. The zero-order valence-corrected chi connectivity index (χ0v) is 20.3. The van der Waals surface area contributed by atoms with Crippen LogP contribution in [0.3, 0.4) is 0 Å². The molecule has 1 aliphatic rings. The summed E-state index contributed by atoms with van der Waals surface area (Å²) in [4.78, 5) is 23.2. The van der Waals surface area contributed by atoms with Crippen molar-refractivity contribution in [3.8, 4) is 5.75 Å². The van der Waals surface area contributed by atoms with Crippen LogP contribution in [0.5, 0.6) is 5.75 Å². The number of nitrogens with zero attached hydrogens (tertiary/aromatic N) is 5. The van der Waals surface area contributed by atoms with Crippen LogP contribution in [0.25, 0.3) is 0 Å². The number of ether oxygens (including phenoxy) is 2. The summed E-state index contributed by atoms with van der Waals surface area (Å²) in [6.45, 7) is 5.49. The van der Waals surface area contributed by atoms with Gasteiger partial charge in [-0.15, -0.1) is 10.2 Å². The van der Waals surface area contributed by atoms with Gasteiger partial charge in [-0.2, -0.15) is 0 Å². The number of anilines is 3. The largest absolute Gasteiger partial charge is 0.497 e. The second-order valence-electron chi connectivity index (χ2n) is 7.26. The Hall–Kier alpha value is -3.00. The fourth-order valence-electron chi connectivity index (χ4n) is 3.19. The summed E-state index contributed by atoms with van der Waals surface area (Å²) in [5, 5.41) is 18.1. The van der Waals surface area contributed by atoms with Gasteiger partial charge in [0, 0.05) is 37.5 Å². The highest BCUT2D eigenvalue weighted by Gasteiger charge is 2.12. The van der Waals surface area contributed by atoms with Crippen LogP contribution in [-0.4, -0.2) is 77.6 Å². The number of carbonyl (C=O) groups excluding carboxylic acids is 1. The summed E-state index contributed by atoms with van der Waals surface area (Å²) in [7, 11) is 1.57. The van der Waals surface area contributed by atoms with E-state index in [1.54, 1.807) is 31.4 Å². The molecule has 180 valence electrons. The molecule has 3 N–H and O–H groups in total. The van der Waals surface area contributed by atoms with Gasteiger partial charge >= 0.3 is 6.03 Å². The van der Waals surface area contributed by atoms with Crippen molar-refractivity contribution in [2.45, 2.75) is 15.8 Å². The molecule has 13 heteroatoms. The van der Waals surface area contributed by atoms with E-state index in [0.29, 0.717) is 20.9 Å². The van der Waals surface area contributed by atoms with Crippen LogP contribution in [0, 0.1) is 0 Å². The maximum Gasteiger partial charge on any atom is 0.325 e. The molecule has 0 bridgehead atoms. The first-order valence-electron chi connectivity index (χ1n) is 10.8. The molecular weight excluding hydrogens is 476 g/mol. The Bertz CT molecular complexity index is 1080. The molecular formula is C21H26N8O3S2. The second kappa shape index (κ2) is 12.5. The minimum Gasteiger partial charge on any atom is -0.497 e. The highest BCUT2D eigenvalue weighted by Crippen LogP contribution is 2.31. The maximum absolute atomic E-state index is 12.3. The number of urea groups is 1. The van der Waals surface area contributed by atoms with Gasteiger partial charge in [0.1, 0.15) is 22.9 Å². The third-order valence-electron chi connectivity index (χ3n) is 4.85. The molecule has 3 aromatic rings. The third-order valence-corrected chi connectivity index (χ3v) is 6.67. The molecule has 0 aliphatic carbocycles. The summed E-state index contributed by atoms with van der Waals surface area (Å²) in [5.74, 6) is 1.42. The van der Waals surface area contributed by atoms with Gasteiger partial charge < -0.3 is 20.1 Å². The van der Waals surface area contributed by atoms with E-state index in [2.05, 4.69) is 41.0 Å². The molecule has 1 fully saturated rings. The number of amides is 2. The first kappa shape index (κ1) is 24.1. The Kier molecular flexibility index (Phi) is 8.84. The SMILES string of the molecule is COc1cccc(NC(=O)Nc2nnc(Sc3cc(NCCCN4CCOCC4)ncn3)s2)c1. The zero-order chi connectivity index (χ0) is 23.6. The molecule has 1 saturated heterocycles. The fraction of sp³-hybridized carbons (Fsp3) is 0.381. The van der Waals surface area contributed by atoms with Gasteiger partial charge in [0.2, 0.25) is 5.13 Å². The minimum atomic E-state index is -0.411. The quantitative estimate of drug-likeness (QED) is 0.216. The lowest BCUT2D eigenvalue weighted by Gasteiger charge is -2.26. The lowest BCUT2D eigenvalue weighted by Crippen LogP contribution is -2.37. The number of carbonyl (C=O) groups is 1. The summed E-state index contributed by atoms with van der Waals surface area (Å²) in [6.07, 6.45) is 2.55. The lowest BCUT2D eigenvalue weighted by atomic mass is 10.3. The number of nitrogens with one attached hydrogen (secondary N) is 3. The monoisotopic (exact) mass is 502 g/mol. The summed E-state index contributed by atoms with van der Waals surface area (Å²) >= 11 is 2.63. The summed E-state index contributed by atoms with van der Waals surface area (Å²) in [5.41, 5.74) is 0.613. The van der Waals surface area contributed by atoms with Crippen molar-refractivity contribution in [2.24, 2.45) is 0 Å². The topological polar surface area (TPSA) is 126 Å². The van der Waals surface area contributed by atoms with Gasteiger partial charge in [-0.3, -0.25) is 10.2 Å². The van der Waals surface area contributed by atoms with Crippen LogP contribution in [0.4, 0.5) is 21.4 Å². The summed E-state index contributed by atoms with van der Waals surface area (Å²) < 4.78 is 11.2. The molecule has 4 rings (SSSR count). The van der Waals surface area contributed by atoms with E-state index < -0.39 is 6.03 Å². The number of benzene rings is 1. The van der Waals surface area contributed by atoms with Gasteiger partial charge in [0.25, 0.3) is 0 Å². The molecule has 34 heavy (non-hydrogen) atoms. The number of hydrogen-bond donors (Lipinski definition) is 3. The van der Waals surface area contributed by atoms with Gasteiger partial charge in [-0.1, -0.05) is 17.4 Å². The number of hydrogen-bond acceptors (Lipinski definition) is 11. The molecule has 0 unspecified atom stereocenters. The number of methoxy groups -OCH3 is 1. The van der Waals surface area contributed by atoms with Crippen molar-refractivity contribution >= 4 is 45.8 Å². The van der Waals surface area contributed by atoms with Crippen LogP contribution in [0.15, 0.2) is 46.0 Å². The maximum atomic E-state index is 12.3. The molecule has 0 spiro atoms. The van der Waals surface area contributed by atoms with Crippen molar-refractivity contribution in [1.82, 2.24) is 25.1 Å². The third kappa shape index (κ3) is 7.52. The van der Waals surface area contributed by atoms with Crippen LogP contribution < -0.4 is 20.7 Å². The van der Waals surface area contributed by atoms with Crippen molar-refractivity contribution in [3.05, 3.63) is 36.7 Å². The Balaban J connectivity index is 1.23. The van der Waals surface area contributed by atoms with E-state index in [1.165, 1.54) is 29.4 Å². The Labute approximate surface area is 205 Å². The van der Waals surface area contributed by atoms with E-state index in [4.69, 9.17) is 9.47 Å². The van der Waals surface area contributed by atoms with Crippen LogP contribution in [0.1, 0.15) is 6.42 Å². The predicted octanol–water partition coefficient (Wildman–Crippen LogP) is 3.27. The molecule has 0 saturated carbocycles. The molecule has 2 aromatic heterocycles. The van der Waals surface area contributed by atoms with Crippen molar-refractivity contribution in [2.75, 3.05) is 62.5 Å². The standard InChI is InChI=1S/C21H26N8O3S2/c1-31-16-5-2-4-15(12-16)25-19(30)26-20-27-28-21(34-20)33-18-13-17(23-14-24-18)22-6-3-7-29-8-10-32-11-9-29/h2,4-5,12-14H,3,6-11H2,1H3,(H,22,23,24)(H2,25,26,27,30). The van der Waals surface area contributed by atoms with Crippen LogP contribution in [-0.2, 0) is 4.74 Å². The normalized spacial score (nSPS) is 13.9. The number of morpholine rings is 1. The van der Waals surface area contributed by atoms with Crippen LogP contribution in [0.2, 0.25) is 0 Å². The van der Waals surface area contributed by atoms with Crippen molar-refractivity contribution < 1.29 is 14.3 Å². The van der Waals surface area contributed by atoms with Crippen molar-refractivity contribution in [1.29, 1.82) is 0 Å². The smallest absolute Gasteiger partial charge is 0.325 e. The fourth-order valence-corrected chi connectivity index (χ4v) is 4.85. The molecule has 0 radical (unpaired) electrons. The average molecular weight is 503 g/mol. The van der Waals surface area contributed by atoms with Crippen molar-refractivity contribution in [3.63, 3.8) is 0 Å². The lowest BCUT2D eigenvalue weighted by molar-refractivity contribution is 0.0378. The first-order chi connectivity index (χ1) is 16.7. The predicted molar refractivity (Wildman–Crippen MR) is 132 cm³/mol. The molecule has 2 amide bonds. The number of aromatic nitrogens is 4. The van der Waals surface area contributed by atoms with E-state index >= 15 is 0 Å². The van der Waals surface area contributed by atoms with E-state index in [1.807, 2.05) is 6.07 Å². The van der Waals surface area contributed by atoms with E-state index in [-0.39, 0.29) is 0 Å². The molecule has 1 aliphatic heterocycles. The van der Waals surface area contributed by atoms with Gasteiger partial charge in [-0.25, -0.2) is 14.8 Å². The Morgan fingerprint density at radius 2 is 2.09 bits per heavy atom.